The molecule has 1 aliphatic rings. The van der Waals surface area contributed by atoms with Gasteiger partial charge in [-0.2, -0.15) is 0 Å². The molecule has 0 aromatic heterocycles. The van der Waals surface area contributed by atoms with Crippen molar-refractivity contribution in [3.05, 3.63) is 65.7 Å². The molecule has 4 heteroatoms. The van der Waals surface area contributed by atoms with Gasteiger partial charge in [-0.1, -0.05) is 42.5 Å². The number of ether oxygens (including phenoxy) is 1. The van der Waals surface area contributed by atoms with Crippen molar-refractivity contribution < 1.29 is 8.95 Å². The van der Waals surface area contributed by atoms with Gasteiger partial charge in [0.1, 0.15) is 0 Å². The fourth-order valence-corrected chi connectivity index (χ4v) is 3.77. The third-order valence-electron chi connectivity index (χ3n) is 4.74. The normalized spacial score (nSPS) is 23.1. The summed E-state index contributed by atoms with van der Waals surface area (Å²) >= 11 is 0. The van der Waals surface area contributed by atoms with Crippen molar-refractivity contribution in [1.29, 1.82) is 0 Å². The third-order valence-corrected chi connectivity index (χ3v) is 5.68. The van der Waals surface area contributed by atoms with Crippen molar-refractivity contribution in [3.8, 4) is 0 Å². The first-order chi connectivity index (χ1) is 11.6. The zero-order valence-electron chi connectivity index (χ0n) is 14.3. The van der Waals surface area contributed by atoms with Crippen LogP contribution in [-0.4, -0.2) is 23.6 Å². The fourth-order valence-electron chi connectivity index (χ4n) is 3.25. The maximum Gasteiger partial charge on any atom is 0.0866 e. The summed E-state index contributed by atoms with van der Waals surface area (Å²) in [6, 6.07) is 18.8. The van der Waals surface area contributed by atoms with Gasteiger partial charge in [0.05, 0.1) is 6.10 Å². The molecular formula is C20H25NO2S. The molecule has 0 amide bonds. The van der Waals surface area contributed by atoms with E-state index in [0.717, 1.165) is 24.5 Å². The lowest BCUT2D eigenvalue weighted by Gasteiger charge is -2.22. The molecule has 0 aliphatic carbocycles. The van der Waals surface area contributed by atoms with E-state index in [4.69, 9.17) is 4.74 Å². The number of benzene rings is 2. The summed E-state index contributed by atoms with van der Waals surface area (Å²) in [6.07, 6.45) is 2.99. The number of rotatable bonds is 6. The molecule has 2 aromatic carbocycles. The van der Waals surface area contributed by atoms with E-state index in [1.54, 1.807) is 6.26 Å². The summed E-state index contributed by atoms with van der Waals surface area (Å²) in [5.41, 5.74) is 2.49. The second kappa shape index (κ2) is 8.06. The monoisotopic (exact) mass is 343 g/mol. The summed E-state index contributed by atoms with van der Waals surface area (Å²) < 4.78 is 17.4. The second-order valence-corrected chi connectivity index (χ2v) is 7.78. The van der Waals surface area contributed by atoms with Crippen molar-refractivity contribution >= 4 is 10.8 Å². The van der Waals surface area contributed by atoms with Gasteiger partial charge in [-0.15, -0.1) is 0 Å². The molecule has 1 aliphatic heterocycles. The Morgan fingerprint density at radius 2 is 1.88 bits per heavy atom. The lowest BCUT2D eigenvalue weighted by molar-refractivity contribution is 0.0899. The molecule has 4 atom stereocenters. The molecule has 0 bridgehead atoms. The van der Waals surface area contributed by atoms with Gasteiger partial charge in [-0.25, -0.2) is 0 Å². The zero-order valence-corrected chi connectivity index (χ0v) is 15.1. The molecule has 3 rings (SSSR count). The van der Waals surface area contributed by atoms with Crippen LogP contribution in [0.2, 0.25) is 0 Å². The van der Waals surface area contributed by atoms with Crippen LogP contribution in [0.3, 0.4) is 0 Å². The standard InChI is InChI=1S/C20H25NO2S/c1-15(16-8-10-19(11-9-16)24(2)22)21-14-18-12-13-23-20(18)17-6-4-3-5-7-17/h3-11,15,18,20-21H,12-14H2,1-2H3. The predicted molar refractivity (Wildman–Crippen MR) is 98.4 cm³/mol. The van der Waals surface area contributed by atoms with Gasteiger partial charge in [0, 0.05) is 47.1 Å². The predicted octanol–water partition coefficient (Wildman–Crippen LogP) is 3.85. The van der Waals surface area contributed by atoms with E-state index < -0.39 is 10.8 Å². The Labute approximate surface area is 146 Å². The van der Waals surface area contributed by atoms with Gasteiger partial charge >= 0.3 is 0 Å². The van der Waals surface area contributed by atoms with Crippen LogP contribution in [0.4, 0.5) is 0 Å². The van der Waals surface area contributed by atoms with Crippen LogP contribution in [0.25, 0.3) is 0 Å². The van der Waals surface area contributed by atoms with Gasteiger partial charge in [0.2, 0.25) is 0 Å². The Balaban J connectivity index is 1.59. The zero-order chi connectivity index (χ0) is 16.9. The minimum Gasteiger partial charge on any atom is -0.373 e. The minimum absolute atomic E-state index is 0.191. The molecule has 1 N–H and O–H groups in total. The van der Waals surface area contributed by atoms with E-state index in [1.807, 2.05) is 18.2 Å². The first-order valence-corrected chi connectivity index (χ1v) is 10.0. The van der Waals surface area contributed by atoms with Crippen LogP contribution in [0, 0.1) is 5.92 Å². The smallest absolute Gasteiger partial charge is 0.0866 e. The van der Waals surface area contributed by atoms with E-state index in [0.29, 0.717) is 5.92 Å². The number of hydrogen-bond acceptors (Lipinski definition) is 3. The average Bonchev–Trinajstić information content (AvgIpc) is 3.09. The minimum atomic E-state index is -0.919. The van der Waals surface area contributed by atoms with E-state index in [-0.39, 0.29) is 12.1 Å². The van der Waals surface area contributed by atoms with E-state index in [2.05, 4.69) is 48.6 Å². The molecule has 1 heterocycles. The van der Waals surface area contributed by atoms with Crippen LogP contribution in [0.1, 0.15) is 36.6 Å². The van der Waals surface area contributed by atoms with Gasteiger partial charge in [-0.3, -0.25) is 4.21 Å². The summed E-state index contributed by atoms with van der Waals surface area (Å²) in [5, 5.41) is 3.63. The molecule has 0 spiro atoms. The van der Waals surface area contributed by atoms with Crippen LogP contribution >= 0.6 is 0 Å². The summed E-state index contributed by atoms with van der Waals surface area (Å²) in [7, 11) is -0.919. The largest absolute Gasteiger partial charge is 0.373 e. The van der Waals surface area contributed by atoms with Crippen LogP contribution < -0.4 is 5.32 Å². The van der Waals surface area contributed by atoms with Crippen molar-refractivity contribution in [3.63, 3.8) is 0 Å². The molecule has 3 nitrogen and oxygen atoms in total. The van der Waals surface area contributed by atoms with Crippen molar-refractivity contribution in [2.24, 2.45) is 5.92 Å². The van der Waals surface area contributed by atoms with Crippen LogP contribution in [0.5, 0.6) is 0 Å². The fraction of sp³-hybridized carbons (Fsp3) is 0.400. The van der Waals surface area contributed by atoms with E-state index in [1.165, 1.54) is 11.1 Å². The second-order valence-electron chi connectivity index (χ2n) is 6.40. The molecule has 0 radical (unpaired) electrons. The highest BCUT2D eigenvalue weighted by molar-refractivity contribution is 7.84. The quantitative estimate of drug-likeness (QED) is 0.866. The molecule has 2 aromatic rings. The Kier molecular flexibility index (Phi) is 5.82. The van der Waals surface area contributed by atoms with Crippen LogP contribution in [0.15, 0.2) is 59.5 Å². The maximum atomic E-state index is 11.5. The first kappa shape index (κ1) is 17.3. The van der Waals surface area contributed by atoms with E-state index >= 15 is 0 Å². The van der Waals surface area contributed by atoms with Crippen LogP contribution in [-0.2, 0) is 15.5 Å². The van der Waals surface area contributed by atoms with Gasteiger partial charge < -0.3 is 10.1 Å². The van der Waals surface area contributed by atoms with Crippen molar-refractivity contribution in [1.82, 2.24) is 5.32 Å². The number of hydrogen-bond donors (Lipinski definition) is 1. The Morgan fingerprint density at radius 1 is 1.17 bits per heavy atom. The maximum absolute atomic E-state index is 11.5. The first-order valence-electron chi connectivity index (χ1n) is 8.48. The summed E-state index contributed by atoms with van der Waals surface area (Å²) in [5.74, 6) is 0.497. The average molecular weight is 343 g/mol. The molecule has 128 valence electrons. The highest BCUT2D eigenvalue weighted by Gasteiger charge is 2.29. The lowest BCUT2D eigenvalue weighted by atomic mass is 9.95. The molecular weight excluding hydrogens is 318 g/mol. The topological polar surface area (TPSA) is 38.3 Å². The summed E-state index contributed by atoms with van der Waals surface area (Å²) in [4.78, 5) is 0.874. The highest BCUT2D eigenvalue weighted by Crippen LogP contribution is 2.34. The Bertz CT molecular complexity index is 672. The molecule has 1 saturated heterocycles. The highest BCUT2D eigenvalue weighted by atomic mass is 32.2. The van der Waals surface area contributed by atoms with Gasteiger partial charge in [0.25, 0.3) is 0 Å². The number of nitrogens with one attached hydrogen (secondary N) is 1. The van der Waals surface area contributed by atoms with Gasteiger partial charge in [0.15, 0.2) is 0 Å². The molecule has 24 heavy (non-hydrogen) atoms. The Morgan fingerprint density at radius 3 is 2.54 bits per heavy atom. The third kappa shape index (κ3) is 4.12. The van der Waals surface area contributed by atoms with Crippen molar-refractivity contribution in [2.75, 3.05) is 19.4 Å². The summed E-state index contributed by atoms with van der Waals surface area (Å²) in [6.45, 7) is 3.94. The molecule has 1 fully saturated rings. The molecule has 4 unspecified atom stereocenters. The molecule has 0 saturated carbocycles. The van der Waals surface area contributed by atoms with Gasteiger partial charge in [-0.05, 0) is 36.6 Å². The lowest BCUT2D eigenvalue weighted by Crippen LogP contribution is -2.27. The van der Waals surface area contributed by atoms with Crippen molar-refractivity contribution in [2.45, 2.75) is 30.4 Å². The Hall–Kier alpha value is -1.49. The SMILES string of the molecule is CC(NCC1CCOC1c1ccccc1)c1ccc(S(C)=O)cc1. The van der Waals surface area contributed by atoms with E-state index in [9.17, 15) is 4.21 Å².